The highest BCUT2D eigenvalue weighted by molar-refractivity contribution is 4.57. The Balaban J connectivity index is 3.15. The van der Waals surface area contributed by atoms with Gasteiger partial charge in [-0.05, 0) is 20.3 Å². The lowest BCUT2D eigenvalue weighted by Crippen LogP contribution is -2.25. The molecule has 0 heterocycles. The predicted octanol–water partition coefficient (Wildman–Crippen LogP) is 0.793. The standard InChI is InChI=1S/C10H23NO3/c1-3-12-7-8-13-6-5-10(9-11)14-4-2/h10H,3-9,11H2,1-2H3. The van der Waals surface area contributed by atoms with Gasteiger partial charge in [-0.2, -0.15) is 0 Å². The van der Waals surface area contributed by atoms with E-state index in [2.05, 4.69) is 0 Å². The molecule has 0 aromatic heterocycles. The third-order valence-electron chi connectivity index (χ3n) is 1.83. The van der Waals surface area contributed by atoms with Crippen LogP contribution in [0, 0.1) is 0 Å². The van der Waals surface area contributed by atoms with Gasteiger partial charge in [0, 0.05) is 26.4 Å². The molecule has 0 bridgehead atoms. The van der Waals surface area contributed by atoms with E-state index in [1.165, 1.54) is 0 Å². The van der Waals surface area contributed by atoms with Crippen LogP contribution >= 0.6 is 0 Å². The molecule has 0 amide bonds. The topological polar surface area (TPSA) is 53.7 Å². The Kier molecular flexibility index (Phi) is 10.8. The highest BCUT2D eigenvalue weighted by atomic mass is 16.5. The molecule has 0 radical (unpaired) electrons. The van der Waals surface area contributed by atoms with Gasteiger partial charge in [-0.15, -0.1) is 0 Å². The Morgan fingerprint density at radius 3 is 2.29 bits per heavy atom. The highest BCUT2D eigenvalue weighted by Gasteiger charge is 2.04. The summed E-state index contributed by atoms with van der Waals surface area (Å²) in [6.45, 7) is 7.96. The summed E-state index contributed by atoms with van der Waals surface area (Å²) in [5.74, 6) is 0. The number of rotatable bonds is 10. The van der Waals surface area contributed by atoms with Crippen molar-refractivity contribution in [3.63, 3.8) is 0 Å². The SMILES string of the molecule is CCOCCOCCC(CN)OCC. The van der Waals surface area contributed by atoms with Gasteiger partial charge in [-0.1, -0.05) is 0 Å². The lowest BCUT2D eigenvalue weighted by atomic mass is 10.2. The first-order valence-corrected chi connectivity index (χ1v) is 5.32. The first-order chi connectivity index (χ1) is 6.85. The minimum atomic E-state index is 0.132. The van der Waals surface area contributed by atoms with Crippen LogP contribution < -0.4 is 5.73 Å². The molecule has 0 aromatic rings. The van der Waals surface area contributed by atoms with E-state index in [4.69, 9.17) is 19.9 Å². The van der Waals surface area contributed by atoms with Gasteiger partial charge in [-0.25, -0.2) is 0 Å². The molecule has 1 atom stereocenters. The lowest BCUT2D eigenvalue weighted by molar-refractivity contribution is 0.0148. The predicted molar refractivity (Wildman–Crippen MR) is 56.4 cm³/mol. The van der Waals surface area contributed by atoms with Crippen molar-refractivity contribution >= 4 is 0 Å². The van der Waals surface area contributed by atoms with Crippen LogP contribution in [0.2, 0.25) is 0 Å². The molecule has 0 aliphatic heterocycles. The Bertz CT molecular complexity index is 112. The zero-order valence-corrected chi connectivity index (χ0v) is 9.33. The summed E-state index contributed by atoms with van der Waals surface area (Å²) < 4.78 is 15.9. The lowest BCUT2D eigenvalue weighted by Gasteiger charge is -2.14. The van der Waals surface area contributed by atoms with E-state index < -0.39 is 0 Å². The summed E-state index contributed by atoms with van der Waals surface area (Å²) in [4.78, 5) is 0. The summed E-state index contributed by atoms with van der Waals surface area (Å²) in [7, 11) is 0. The van der Waals surface area contributed by atoms with Crippen LogP contribution in [-0.4, -0.2) is 45.7 Å². The van der Waals surface area contributed by atoms with E-state index >= 15 is 0 Å². The van der Waals surface area contributed by atoms with E-state index in [1.807, 2.05) is 13.8 Å². The number of ether oxygens (including phenoxy) is 3. The van der Waals surface area contributed by atoms with Crippen LogP contribution in [0.4, 0.5) is 0 Å². The maximum atomic E-state index is 5.52. The van der Waals surface area contributed by atoms with Gasteiger partial charge in [0.05, 0.1) is 19.3 Å². The van der Waals surface area contributed by atoms with Gasteiger partial charge in [0.1, 0.15) is 0 Å². The summed E-state index contributed by atoms with van der Waals surface area (Å²) in [5, 5.41) is 0. The average molecular weight is 205 g/mol. The molecular weight excluding hydrogens is 182 g/mol. The Morgan fingerprint density at radius 2 is 1.71 bits per heavy atom. The fourth-order valence-electron chi connectivity index (χ4n) is 1.08. The molecule has 0 saturated heterocycles. The first-order valence-electron chi connectivity index (χ1n) is 5.32. The van der Waals surface area contributed by atoms with Crippen molar-refractivity contribution in [2.24, 2.45) is 5.73 Å². The summed E-state index contributed by atoms with van der Waals surface area (Å²) in [6, 6.07) is 0. The second-order valence-corrected chi connectivity index (χ2v) is 2.91. The van der Waals surface area contributed by atoms with Gasteiger partial charge in [-0.3, -0.25) is 0 Å². The molecule has 14 heavy (non-hydrogen) atoms. The van der Waals surface area contributed by atoms with E-state index in [0.29, 0.717) is 33.0 Å². The summed E-state index contributed by atoms with van der Waals surface area (Å²) in [5.41, 5.74) is 5.52. The maximum absolute atomic E-state index is 5.52. The van der Waals surface area contributed by atoms with Crippen molar-refractivity contribution < 1.29 is 14.2 Å². The molecule has 4 nitrogen and oxygen atoms in total. The third kappa shape index (κ3) is 8.44. The average Bonchev–Trinajstić information content (AvgIpc) is 2.21. The maximum Gasteiger partial charge on any atom is 0.0719 e. The molecule has 2 N–H and O–H groups in total. The van der Waals surface area contributed by atoms with Crippen molar-refractivity contribution in [3.8, 4) is 0 Å². The normalized spacial score (nSPS) is 13.1. The Morgan fingerprint density at radius 1 is 1.00 bits per heavy atom. The van der Waals surface area contributed by atoms with Gasteiger partial charge in [0.2, 0.25) is 0 Å². The Labute approximate surface area is 86.7 Å². The largest absolute Gasteiger partial charge is 0.379 e. The van der Waals surface area contributed by atoms with Crippen molar-refractivity contribution in [3.05, 3.63) is 0 Å². The van der Waals surface area contributed by atoms with Gasteiger partial charge in [0.25, 0.3) is 0 Å². The summed E-state index contributed by atoms with van der Waals surface area (Å²) in [6.07, 6.45) is 0.989. The fourth-order valence-corrected chi connectivity index (χ4v) is 1.08. The van der Waals surface area contributed by atoms with Crippen molar-refractivity contribution in [2.45, 2.75) is 26.4 Å². The molecule has 4 heteroatoms. The van der Waals surface area contributed by atoms with E-state index in [0.717, 1.165) is 13.0 Å². The molecule has 0 aliphatic rings. The van der Waals surface area contributed by atoms with Crippen LogP contribution in [-0.2, 0) is 14.2 Å². The van der Waals surface area contributed by atoms with Crippen LogP contribution in [0.25, 0.3) is 0 Å². The number of hydrogen-bond donors (Lipinski definition) is 1. The molecule has 86 valence electrons. The van der Waals surface area contributed by atoms with Gasteiger partial charge >= 0.3 is 0 Å². The zero-order valence-electron chi connectivity index (χ0n) is 9.33. The molecule has 0 fully saturated rings. The van der Waals surface area contributed by atoms with Crippen molar-refractivity contribution in [1.82, 2.24) is 0 Å². The molecule has 0 rings (SSSR count). The zero-order chi connectivity index (χ0) is 10.6. The highest BCUT2D eigenvalue weighted by Crippen LogP contribution is 1.96. The van der Waals surface area contributed by atoms with Crippen LogP contribution in [0.3, 0.4) is 0 Å². The minimum Gasteiger partial charge on any atom is -0.379 e. The number of nitrogens with two attached hydrogens (primary N) is 1. The van der Waals surface area contributed by atoms with Crippen LogP contribution in [0.15, 0.2) is 0 Å². The monoisotopic (exact) mass is 205 g/mol. The van der Waals surface area contributed by atoms with E-state index in [9.17, 15) is 0 Å². The second-order valence-electron chi connectivity index (χ2n) is 2.91. The molecule has 0 saturated carbocycles. The van der Waals surface area contributed by atoms with E-state index in [-0.39, 0.29) is 6.10 Å². The fraction of sp³-hybridized carbons (Fsp3) is 1.00. The second kappa shape index (κ2) is 10.9. The van der Waals surface area contributed by atoms with E-state index in [1.54, 1.807) is 0 Å². The van der Waals surface area contributed by atoms with Gasteiger partial charge in [0.15, 0.2) is 0 Å². The van der Waals surface area contributed by atoms with Crippen LogP contribution in [0.1, 0.15) is 20.3 Å². The van der Waals surface area contributed by atoms with Crippen LogP contribution in [0.5, 0.6) is 0 Å². The van der Waals surface area contributed by atoms with Crippen molar-refractivity contribution in [2.75, 3.05) is 39.6 Å². The third-order valence-corrected chi connectivity index (χ3v) is 1.83. The quantitative estimate of drug-likeness (QED) is 0.536. The molecule has 0 aromatic carbocycles. The number of hydrogen-bond acceptors (Lipinski definition) is 4. The summed E-state index contributed by atoms with van der Waals surface area (Å²) >= 11 is 0. The molecular formula is C10H23NO3. The molecule has 0 aliphatic carbocycles. The molecule has 1 unspecified atom stereocenters. The van der Waals surface area contributed by atoms with Crippen molar-refractivity contribution in [1.29, 1.82) is 0 Å². The van der Waals surface area contributed by atoms with Gasteiger partial charge < -0.3 is 19.9 Å². The smallest absolute Gasteiger partial charge is 0.0719 e. The minimum absolute atomic E-state index is 0.132. The molecule has 0 spiro atoms. The first kappa shape index (κ1) is 13.8. The Hall–Kier alpha value is -0.160.